The number of rotatable bonds is 7. The molecule has 4 rings (SSSR count). The summed E-state index contributed by atoms with van der Waals surface area (Å²) < 4.78 is 10.7. The Balaban J connectivity index is 1.35. The number of nitrogens with one attached hydrogen (secondary N) is 2. The molecule has 1 aliphatic heterocycles. The second-order valence-corrected chi connectivity index (χ2v) is 10.1. The van der Waals surface area contributed by atoms with E-state index >= 15 is 0 Å². The van der Waals surface area contributed by atoms with Gasteiger partial charge in [-0.1, -0.05) is 30.3 Å². The first-order valence-corrected chi connectivity index (χ1v) is 12.8. The lowest BCUT2D eigenvalue weighted by Gasteiger charge is -2.28. The van der Waals surface area contributed by atoms with Gasteiger partial charge in [0.15, 0.2) is 5.78 Å². The number of benzene rings is 3. The van der Waals surface area contributed by atoms with Gasteiger partial charge in [-0.05, 0) is 80.9 Å². The van der Waals surface area contributed by atoms with Crippen LogP contribution in [0.3, 0.4) is 0 Å². The normalized spacial score (nSPS) is 13.7. The van der Waals surface area contributed by atoms with Crippen molar-refractivity contribution in [2.75, 3.05) is 41.8 Å². The number of carbonyl (C=O) groups is 3. The number of anilines is 3. The molecular formula is C31H33N3O5. The van der Waals surface area contributed by atoms with Crippen molar-refractivity contribution in [3.63, 3.8) is 0 Å². The Morgan fingerprint density at radius 3 is 2.03 bits per heavy atom. The van der Waals surface area contributed by atoms with Crippen molar-refractivity contribution in [3.05, 3.63) is 95.6 Å². The van der Waals surface area contributed by atoms with Gasteiger partial charge >= 0.3 is 6.09 Å². The number of hydrogen-bond acceptors (Lipinski definition) is 6. The lowest BCUT2D eigenvalue weighted by Crippen LogP contribution is -2.36. The highest BCUT2D eigenvalue weighted by molar-refractivity contribution is 6.08. The van der Waals surface area contributed by atoms with E-state index in [1.54, 1.807) is 75.4 Å². The topological polar surface area (TPSA) is 97.0 Å². The van der Waals surface area contributed by atoms with E-state index in [0.717, 1.165) is 24.3 Å². The minimum absolute atomic E-state index is 0.0977. The Labute approximate surface area is 228 Å². The highest BCUT2D eigenvalue weighted by atomic mass is 16.6. The largest absolute Gasteiger partial charge is 0.444 e. The van der Waals surface area contributed by atoms with E-state index < -0.39 is 11.7 Å². The first-order chi connectivity index (χ1) is 18.7. The Morgan fingerprint density at radius 2 is 1.41 bits per heavy atom. The van der Waals surface area contributed by atoms with Crippen LogP contribution in [0.15, 0.2) is 78.9 Å². The van der Waals surface area contributed by atoms with E-state index in [9.17, 15) is 14.4 Å². The molecule has 2 amide bonds. The van der Waals surface area contributed by atoms with E-state index in [0.29, 0.717) is 35.7 Å². The average Bonchev–Trinajstić information content (AvgIpc) is 2.92. The van der Waals surface area contributed by atoms with E-state index in [1.807, 2.05) is 24.3 Å². The molecule has 1 saturated heterocycles. The number of ketones is 1. The predicted molar refractivity (Wildman–Crippen MR) is 154 cm³/mol. The zero-order chi connectivity index (χ0) is 27.8. The van der Waals surface area contributed by atoms with Gasteiger partial charge in [0.1, 0.15) is 5.60 Å². The number of nitrogens with zero attached hydrogens (tertiary/aromatic N) is 1. The van der Waals surface area contributed by atoms with Gasteiger partial charge in [0.25, 0.3) is 5.91 Å². The Hall–Kier alpha value is -4.43. The number of allylic oxidation sites excluding steroid dienone is 1. The predicted octanol–water partition coefficient (Wildman–Crippen LogP) is 6.02. The standard InChI is InChI=1S/C31H33N3O5/c1-31(2,3)39-30(37)33-27-7-5-4-6-26(27)32-29(36)24-11-8-22(9-12-24)10-17-28(35)23-13-15-25(16-14-23)34-18-20-38-21-19-34/h4-17H,18-21H2,1-3H3,(H,32,36)(H,33,37)/b17-10+. The summed E-state index contributed by atoms with van der Waals surface area (Å²) in [6.07, 6.45) is 2.64. The van der Waals surface area contributed by atoms with Crippen LogP contribution < -0.4 is 15.5 Å². The maximum atomic E-state index is 12.8. The fraction of sp³-hybridized carbons (Fsp3) is 0.258. The van der Waals surface area contributed by atoms with Crippen LogP contribution >= 0.6 is 0 Å². The van der Waals surface area contributed by atoms with Crippen LogP contribution in [0.25, 0.3) is 6.08 Å². The van der Waals surface area contributed by atoms with Crippen LogP contribution in [-0.4, -0.2) is 49.7 Å². The fourth-order valence-corrected chi connectivity index (χ4v) is 3.98. The quantitative estimate of drug-likeness (QED) is 0.288. The maximum absolute atomic E-state index is 12.8. The molecule has 0 unspecified atom stereocenters. The van der Waals surface area contributed by atoms with Crippen molar-refractivity contribution in [2.24, 2.45) is 0 Å². The lowest BCUT2D eigenvalue weighted by atomic mass is 10.1. The van der Waals surface area contributed by atoms with Crippen LogP contribution in [0.5, 0.6) is 0 Å². The first-order valence-electron chi connectivity index (χ1n) is 12.8. The average molecular weight is 528 g/mol. The Kier molecular flexibility index (Phi) is 8.78. The second kappa shape index (κ2) is 12.4. The first kappa shape index (κ1) is 27.6. The Bertz CT molecular complexity index is 1340. The van der Waals surface area contributed by atoms with Crippen molar-refractivity contribution >= 4 is 40.9 Å². The van der Waals surface area contributed by atoms with Gasteiger partial charge in [-0.2, -0.15) is 0 Å². The lowest BCUT2D eigenvalue weighted by molar-refractivity contribution is 0.0635. The van der Waals surface area contributed by atoms with Crippen LogP contribution in [0.4, 0.5) is 21.9 Å². The molecule has 3 aromatic carbocycles. The molecule has 2 N–H and O–H groups in total. The third kappa shape index (κ3) is 8.02. The summed E-state index contributed by atoms with van der Waals surface area (Å²) in [6.45, 7) is 8.44. The van der Waals surface area contributed by atoms with E-state index in [2.05, 4.69) is 15.5 Å². The molecule has 0 aliphatic carbocycles. The summed E-state index contributed by atoms with van der Waals surface area (Å²) in [5.41, 5.74) is 3.14. The molecule has 8 heteroatoms. The number of amides is 2. The molecule has 1 fully saturated rings. The van der Waals surface area contributed by atoms with Crippen LogP contribution in [-0.2, 0) is 9.47 Å². The highest BCUT2D eigenvalue weighted by Crippen LogP contribution is 2.23. The van der Waals surface area contributed by atoms with E-state index in [-0.39, 0.29) is 11.7 Å². The van der Waals surface area contributed by atoms with Crippen molar-refractivity contribution in [1.82, 2.24) is 0 Å². The van der Waals surface area contributed by atoms with Crippen LogP contribution in [0, 0.1) is 0 Å². The molecule has 1 heterocycles. The SMILES string of the molecule is CC(C)(C)OC(=O)Nc1ccccc1NC(=O)c1ccc(/C=C/C(=O)c2ccc(N3CCOCC3)cc2)cc1. The zero-order valence-corrected chi connectivity index (χ0v) is 22.4. The van der Waals surface area contributed by atoms with E-state index in [4.69, 9.17) is 9.47 Å². The van der Waals surface area contributed by atoms with Crippen molar-refractivity contribution in [3.8, 4) is 0 Å². The fourth-order valence-electron chi connectivity index (χ4n) is 3.98. The molecule has 3 aromatic rings. The molecule has 0 saturated carbocycles. The van der Waals surface area contributed by atoms with Gasteiger partial charge in [-0.25, -0.2) is 4.79 Å². The zero-order valence-electron chi connectivity index (χ0n) is 22.4. The summed E-state index contributed by atoms with van der Waals surface area (Å²) in [6, 6.07) is 21.4. The number of hydrogen-bond donors (Lipinski definition) is 2. The third-order valence-corrected chi connectivity index (χ3v) is 5.94. The second-order valence-electron chi connectivity index (χ2n) is 10.1. The molecular weight excluding hydrogens is 494 g/mol. The summed E-state index contributed by atoms with van der Waals surface area (Å²) in [5, 5.41) is 5.49. The summed E-state index contributed by atoms with van der Waals surface area (Å²) in [7, 11) is 0. The van der Waals surface area contributed by atoms with E-state index in [1.165, 1.54) is 6.08 Å². The number of para-hydroxylation sites is 2. The van der Waals surface area contributed by atoms with Crippen molar-refractivity contribution in [2.45, 2.75) is 26.4 Å². The molecule has 1 aliphatic rings. The van der Waals surface area contributed by atoms with Crippen molar-refractivity contribution < 1.29 is 23.9 Å². The molecule has 0 atom stereocenters. The van der Waals surface area contributed by atoms with Gasteiger partial charge < -0.3 is 19.7 Å². The molecule has 0 bridgehead atoms. The minimum atomic E-state index is -0.642. The van der Waals surface area contributed by atoms with Gasteiger partial charge in [-0.3, -0.25) is 14.9 Å². The molecule has 0 spiro atoms. The number of ether oxygens (including phenoxy) is 2. The molecule has 39 heavy (non-hydrogen) atoms. The summed E-state index contributed by atoms with van der Waals surface area (Å²) in [5.74, 6) is -0.431. The summed E-state index contributed by atoms with van der Waals surface area (Å²) >= 11 is 0. The molecule has 0 aromatic heterocycles. The number of carbonyl (C=O) groups excluding carboxylic acids is 3. The van der Waals surface area contributed by atoms with Crippen LogP contribution in [0.2, 0.25) is 0 Å². The summed E-state index contributed by atoms with van der Waals surface area (Å²) in [4.78, 5) is 39.9. The van der Waals surface area contributed by atoms with Crippen LogP contribution in [0.1, 0.15) is 47.1 Å². The van der Waals surface area contributed by atoms with Gasteiger partial charge in [0.2, 0.25) is 0 Å². The smallest absolute Gasteiger partial charge is 0.412 e. The number of morpholine rings is 1. The molecule has 0 radical (unpaired) electrons. The Morgan fingerprint density at radius 1 is 0.821 bits per heavy atom. The molecule has 8 nitrogen and oxygen atoms in total. The minimum Gasteiger partial charge on any atom is -0.444 e. The maximum Gasteiger partial charge on any atom is 0.412 e. The van der Waals surface area contributed by atoms with Gasteiger partial charge in [0, 0.05) is 29.9 Å². The molecule has 202 valence electrons. The van der Waals surface area contributed by atoms with Gasteiger partial charge in [0.05, 0.1) is 24.6 Å². The third-order valence-electron chi connectivity index (χ3n) is 5.94. The van der Waals surface area contributed by atoms with Gasteiger partial charge in [-0.15, -0.1) is 0 Å². The van der Waals surface area contributed by atoms with Crippen molar-refractivity contribution in [1.29, 1.82) is 0 Å². The monoisotopic (exact) mass is 527 g/mol. The highest BCUT2D eigenvalue weighted by Gasteiger charge is 2.18.